The van der Waals surface area contributed by atoms with Gasteiger partial charge in [0.25, 0.3) is 0 Å². The van der Waals surface area contributed by atoms with E-state index in [1.54, 1.807) is 0 Å². The lowest BCUT2D eigenvalue weighted by Crippen LogP contribution is -2.30. The molecule has 1 aliphatic heterocycles. The van der Waals surface area contributed by atoms with E-state index in [0.717, 1.165) is 13.0 Å². The average molecular weight is 192 g/mol. The first-order valence-corrected chi connectivity index (χ1v) is 4.30. The molecule has 1 fully saturated rings. The van der Waals surface area contributed by atoms with Gasteiger partial charge in [-0.2, -0.15) is 0 Å². The second-order valence-electron chi connectivity index (χ2n) is 3.97. The largest absolute Gasteiger partial charge is 0.468 e. The highest BCUT2D eigenvalue weighted by atomic mass is 35.5. The zero-order valence-corrected chi connectivity index (χ0v) is 8.39. The second-order valence-corrected chi connectivity index (χ2v) is 4.40. The first-order valence-electron chi connectivity index (χ1n) is 3.96. The van der Waals surface area contributed by atoms with Gasteiger partial charge in [0, 0.05) is 6.54 Å². The van der Waals surface area contributed by atoms with Gasteiger partial charge in [0.2, 0.25) is 0 Å². The van der Waals surface area contributed by atoms with Crippen LogP contribution in [0.5, 0.6) is 0 Å². The minimum atomic E-state index is -0.272. The Balaban J connectivity index is 2.64. The summed E-state index contributed by atoms with van der Waals surface area (Å²) < 4.78 is 6.17. The summed E-state index contributed by atoms with van der Waals surface area (Å²) in [7, 11) is 1.39. The lowest BCUT2D eigenvalue weighted by Gasteiger charge is -2.13. The van der Waals surface area contributed by atoms with Gasteiger partial charge in [-0.1, -0.05) is 13.8 Å². The first kappa shape index (κ1) is 9.81. The summed E-state index contributed by atoms with van der Waals surface area (Å²) in [5, 5.41) is 0. The maximum absolute atomic E-state index is 11.2. The van der Waals surface area contributed by atoms with Crippen LogP contribution in [0.15, 0.2) is 0 Å². The van der Waals surface area contributed by atoms with Gasteiger partial charge < -0.3 is 4.74 Å². The van der Waals surface area contributed by atoms with Gasteiger partial charge in [0.1, 0.15) is 6.04 Å². The van der Waals surface area contributed by atoms with Crippen molar-refractivity contribution in [3.8, 4) is 0 Å². The van der Waals surface area contributed by atoms with Crippen molar-refractivity contribution in [1.82, 2.24) is 4.42 Å². The van der Waals surface area contributed by atoms with Gasteiger partial charge in [0.15, 0.2) is 0 Å². The van der Waals surface area contributed by atoms with Gasteiger partial charge in [-0.25, -0.2) is 4.42 Å². The van der Waals surface area contributed by atoms with Crippen molar-refractivity contribution in [2.24, 2.45) is 5.41 Å². The number of halogens is 1. The van der Waals surface area contributed by atoms with Crippen LogP contribution in [0.4, 0.5) is 0 Å². The Morgan fingerprint density at radius 3 is 2.58 bits per heavy atom. The maximum Gasteiger partial charge on any atom is 0.324 e. The van der Waals surface area contributed by atoms with Crippen LogP contribution >= 0.6 is 11.8 Å². The first-order chi connectivity index (χ1) is 5.46. The second kappa shape index (κ2) is 3.23. The van der Waals surface area contributed by atoms with E-state index in [1.165, 1.54) is 11.5 Å². The summed E-state index contributed by atoms with van der Waals surface area (Å²) in [6, 6.07) is -0.272. The predicted octanol–water partition coefficient (Wildman–Crippen LogP) is 1.41. The number of methoxy groups -OCH3 is 1. The van der Waals surface area contributed by atoms with Crippen molar-refractivity contribution in [2.75, 3.05) is 13.7 Å². The van der Waals surface area contributed by atoms with Crippen LogP contribution in [-0.2, 0) is 9.53 Å². The van der Waals surface area contributed by atoms with E-state index in [4.69, 9.17) is 11.8 Å². The fraction of sp³-hybridized carbons (Fsp3) is 0.875. The molecule has 1 rings (SSSR count). The summed E-state index contributed by atoms with van der Waals surface area (Å²) in [6.07, 6.45) is 0.767. The molecule has 0 aromatic heterocycles. The monoisotopic (exact) mass is 191 g/mol. The summed E-state index contributed by atoms with van der Waals surface area (Å²) in [5.41, 5.74) is 0.112. The molecular formula is C8H14ClNO2. The molecule has 0 unspecified atom stereocenters. The highest BCUT2D eigenvalue weighted by Gasteiger charge is 2.41. The molecule has 1 aliphatic rings. The fourth-order valence-corrected chi connectivity index (χ4v) is 2.01. The Kier molecular flexibility index (Phi) is 2.64. The Hall–Kier alpha value is -0.280. The van der Waals surface area contributed by atoms with Crippen molar-refractivity contribution in [3.63, 3.8) is 0 Å². The van der Waals surface area contributed by atoms with Crippen molar-refractivity contribution < 1.29 is 9.53 Å². The Morgan fingerprint density at radius 2 is 2.25 bits per heavy atom. The zero-order chi connectivity index (χ0) is 9.35. The Morgan fingerprint density at radius 1 is 1.67 bits per heavy atom. The smallest absolute Gasteiger partial charge is 0.324 e. The van der Waals surface area contributed by atoms with E-state index in [0.29, 0.717) is 0 Å². The normalized spacial score (nSPS) is 28.8. The predicted molar refractivity (Wildman–Crippen MR) is 46.8 cm³/mol. The van der Waals surface area contributed by atoms with Gasteiger partial charge in [-0.3, -0.25) is 4.79 Å². The number of carbonyl (C=O) groups excluding carboxylic acids is 1. The lowest BCUT2D eigenvalue weighted by molar-refractivity contribution is -0.144. The van der Waals surface area contributed by atoms with Gasteiger partial charge in [-0.05, 0) is 23.6 Å². The molecule has 70 valence electrons. The molecule has 1 atom stereocenters. The fourth-order valence-electron chi connectivity index (χ4n) is 1.54. The summed E-state index contributed by atoms with van der Waals surface area (Å²) >= 11 is 5.87. The summed E-state index contributed by atoms with van der Waals surface area (Å²) in [6.45, 7) is 4.91. The van der Waals surface area contributed by atoms with Gasteiger partial charge in [0.05, 0.1) is 7.11 Å². The van der Waals surface area contributed by atoms with Crippen LogP contribution in [0.25, 0.3) is 0 Å². The molecule has 0 aliphatic carbocycles. The van der Waals surface area contributed by atoms with Crippen LogP contribution < -0.4 is 0 Å². The van der Waals surface area contributed by atoms with Crippen LogP contribution in [-0.4, -0.2) is 30.1 Å². The molecule has 0 N–H and O–H groups in total. The molecule has 4 heteroatoms. The van der Waals surface area contributed by atoms with E-state index >= 15 is 0 Å². The highest BCUT2D eigenvalue weighted by Crippen LogP contribution is 2.35. The molecule has 0 radical (unpaired) electrons. The van der Waals surface area contributed by atoms with Crippen LogP contribution in [0, 0.1) is 5.41 Å². The molecule has 0 bridgehead atoms. The van der Waals surface area contributed by atoms with Crippen molar-refractivity contribution in [2.45, 2.75) is 26.3 Å². The quantitative estimate of drug-likeness (QED) is 0.464. The van der Waals surface area contributed by atoms with E-state index in [-0.39, 0.29) is 17.4 Å². The SMILES string of the molecule is COC(=O)[C@@H]1CC(C)(C)CN1Cl. The number of nitrogens with zero attached hydrogens (tertiary/aromatic N) is 1. The van der Waals surface area contributed by atoms with E-state index in [2.05, 4.69) is 18.6 Å². The molecule has 0 aromatic rings. The third-order valence-electron chi connectivity index (χ3n) is 2.14. The minimum Gasteiger partial charge on any atom is -0.468 e. The molecule has 1 heterocycles. The minimum absolute atomic E-state index is 0.112. The van der Waals surface area contributed by atoms with Crippen molar-refractivity contribution >= 4 is 17.7 Å². The number of carbonyl (C=O) groups is 1. The summed E-state index contributed by atoms with van der Waals surface area (Å²) in [4.78, 5) is 11.2. The Bertz CT molecular complexity index is 193. The highest BCUT2D eigenvalue weighted by molar-refractivity contribution is 6.15. The standard InChI is InChI=1S/C8H14ClNO2/c1-8(2)4-6(7(11)12-3)10(9)5-8/h6H,4-5H2,1-3H3/t6-/m0/s1. The van der Waals surface area contributed by atoms with Crippen molar-refractivity contribution in [3.05, 3.63) is 0 Å². The van der Waals surface area contributed by atoms with Crippen LogP contribution in [0.2, 0.25) is 0 Å². The van der Waals surface area contributed by atoms with Gasteiger partial charge >= 0.3 is 5.97 Å². The number of ether oxygens (including phenoxy) is 1. The third kappa shape index (κ3) is 1.90. The van der Waals surface area contributed by atoms with E-state index < -0.39 is 0 Å². The molecule has 12 heavy (non-hydrogen) atoms. The van der Waals surface area contributed by atoms with Crippen LogP contribution in [0.1, 0.15) is 20.3 Å². The Labute approximate surface area is 77.7 Å². The zero-order valence-electron chi connectivity index (χ0n) is 7.63. The van der Waals surface area contributed by atoms with E-state index in [9.17, 15) is 4.79 Å². The van der Waals surface area contributed by atoms with E-state index in [1.807, 2.05) is 0 Å². The molecule has 0 saturated carbocycles. The maximum atomic E-state index is 11.2. The number of hydrogen-bond donors (Lipinski definition) is 0. The topological polar surface area (TPSA) is 29.5 Å². The molecule has 0 spiro atoms. The lowest BCUT2D eigenvalue weighted by atomic mass is 9.91. The number of esters is 1. The third-order valence-corrected chi connectivity index (χ3v) is 2.49. The molecule has 3 nitrogen and oxygen atoms in total. The van der Waals surface area contributed by atoms with Crippen LogP contribution in [0.3, 0.4) is 0 Å². The number of rotatable bonds is 1. The number of hydrogen-bond acceptors (Lipinski definition) is 3. The molecule has 1 saturated heterocycles. The molecular weight excluding hydrogens is 178 g/mol. The molecule has 0 amide bonds. The van der Waals surface area contributed by atoms with Gasteiger partial charge in [-0.15, -0.1) is 0 Å². The summed E-state index contributed by atoms with van der Waals surface area (Å²) in [5.74, 6) is -0.240. The van der Waals surface area contributed by atoms with Crippen molar-refractivity contribution in [1.29, 1.82) is 0 Å². The molecule has 0 aromatic carbocycles. The average Bonchev–Trinajstić information content (AvgIpc) is 2.23.